The number of benzene rings is 2. The number of pyridine rings is 1. The summed E-state index contributed by atoms with van der Waals surface area (Å²) in [4.78, 5) is 35.0. The Morgan fingerprint density at radius 3 is 2.56 bits per heavy atom. The molecule has 2 aromatic carbocycles. The van der Waals surface area contributed by atoms with Crippen molar-refractivity contribution in [1.29, 1.82) is 0 Å². The van der Waals surface area contributed by atoms with Gasteiger partial charge >= 0.3 is 5.97 Å². The van der Waals surface area contributed by atoms with Crippen molar-refractivity contribution in [3.63, 3.8) is 0 Å². The summed E-state index contributed by atoms with van der Waals surface area (Å²) in [6, 6.07) is 16.4. The maximum absolute atomic E-state index is 12.5. The molecule has 0 atom stereocenters. The van der Waals surface area contributed by atoms with Crippen LogP contribution >= 0.6 is 22.9 Å². The average molecular weight is 466 g/mol. The van der Waals surface area contributed by atoms with Crippen LogP contribution in [-0.4, -0.2) is 21.8 Å². The molecular weight excluding hydrogens is 446 g/mol. The highest BCUT2D eigenvalue weighted by atomic mass is 35.5. The van der Waals surface area contributed by atoms with Crippen LogP contribution in [0.3, 0.4) is 0 Å². The molecule has 0 aliphatic carbocycles. The molecule has 2 heterocycles. The van der Waals surface area contributed by atoms with Crippen LogP contribution in [-0.2, 0) is 22.6 Å². The Morgan fingerprint density at radius 1 is 1.06 bits per heavy atom. The third-order valence-corrected chi connectivity index (χ3v) is 5.98. The smallest absolute Gasteiger partial charge is 0.338 e. The zero-order valence-corrected chi connectivity index (χ0v) is 19.1. The molecule has 4 rings (SSSR count). The number of ether oxygens (including phenoxy) is 1. The lowest BCUT2D eigenvalue weighted by atomic mass is 10.1. The molecule has 1 amide bonds. The summed E-state index contributed by atoms with van der Waals surface area (Å²) < 4.78 is 5.43. The van der Waals surface area contributed by atoms with Crippen LogP contribution in [0.1, 0.15) is 35.5 Å². The van der Waals surface area contributed by atoms with Crippen LogP contribution in [0.4, 0.5) is 10.8 Å². The minimum atomic E-state index is -0.463. The van der Waals surface area contributed by atoms with Crippen molar-refractivity contribution in [3.05, 3.63) is 82.0 Å². The molecule has 8 heteroatoms. The molecule has 0 saturated heterocycles. The quantitative estimate of drug-likeness (QED) is 0.260. The third-order valence-electron chi connectivity index (χ3n) is 4.89. The van der Waals surface area contributed by atoms with E-state index < -0.39 is 5.97 Å². The second-order valence-electron chi connectivity index (χ2n) is 7.11. The maximum Gasteiger partial charge on any atom is 0.338 e. The zero-order chi connectivity index (χ0) is 22.7. The van der Waals surface area contributed by atoms with Gasteiger partial charge in [-0.25, -0.2) is 14.8 Å². The van der Waals surface area contributed by atoms with Gasteiger partial charge in [-0.1, -0.05) is 30.7 Å². The number of rotatable bonds is 6. The van der Waals surface area contributed by atoms with Crippen LogP contribution in [0.2, 0.25) is 5.15 Å². The van der Waals surface area contributed by atoms with Gasteiger partial charge in [-0.15, -0.1) is 11.3 Å². The SMILES string of the molecule is CCc1ccc(N(C(C)=O)c2nc(COC(=O)c3ccc4nc(Cl)ccc4c3)cs2)cc1. The monoisotopic (exact) mass is 465 g/mol. The van der Waals surface area contributed by atoms with Crippen LogP contribution in [0.15, 0.2) is 60.0 Å². The lowest BCUT2D eigenvalue weighted by molar-refractivity contribution is -0.115. The van der Waals surface area contributed by atoms with Crippen molar-refractivity contribution >= 4 is 56.5 Å². The number of nitrogens with zero attached hydrogens (tertiary/aromatic N) is 3. The normalized spacial score (nSPS) is 10.8. The average Bonchev–Trinajstić information content (AvgIpc) is 3.25. The van der Waals surface area contributed by atoms with Crippen LogP contribution in [0, 0.1) is 0 Å². The van der Waals surface area contributed by atoms with Gasteiger partial charge in [-0.2, -0.15) is 0 Å². The van der Waals surface area contributed by atoms with E-state index in [2.05, 4.69) is 16.9 Å². The van der Waals surface area contributed by atoms with E-state index in [1.165, 1.54) is 23.8 Å². The molecule has 0 unspecified atom stereocenters. The highest BCUT2D eigenvalue weighted by molar-refractivity contribution is 7.14. The first-order valence-electron chi connectivity index (χ1n) is 10.0. The van der Waals surface area contributed by atoms with E-state index in [4.69, 9.17) is 16.3 Å². The number of aryl methyl sites for hydroxylation is 1. The largest absolute Gasteiger partial charge is 0.456 e. The summed E-state index contributed by atoms with van der Waals surface area (Å²) in [6.07, 6.45) is 0.925. The summed E-state index contributed by atoms with van der Waals surface area (Å²) in [5, 5.41) is 3.51. The van der Waals surface area contributed by atoms with E-state index >= 15 is 0 Å². The standard InChI is InChI=1S/C24H20ClN3O3S/c1-3-16-4-8-20(9-5-16)28(15(2)29)24-26-19(14-32-24)13-31-23(30)18-6-10-21-17(12-18)7-11-22(25)27-21/h4-12,14H,3,13H2,1-2H3. The Bertz CT molecular complexity index is 1290. The number of hydrogen-bond acceptors (Lipinski definition) is 6. The lowest BCUT2D eigenvalue weighted by Gasteiger charge is -2.18. The van der Waals surface area contributed by atoms with Gasteiger partial charge in [-0.3, -0.25) is 9.69 Å². The Balaban J connectivity index is 1.46. The molecule has 2 aromatic heterocycles. The minimum absolute atomic E-state index is 0.00670. The predicted molar refractivity (Wildman–Crippen MR) is 127 cm³/mol. The first-order valence-corrected chi connectivity index (χ1v) is 11.3. The summed E-state index contributed by atoms with van der Waals surface area (Å²) in [5.74, 6) is -0.605. The minimum Gasteiger partial charge on any atom is -0.456 e. The number of carbonyl (C=O) groups excluding carboxylic acids is 2. The molecule has 162 valence electrons. The number of esters is 1. The van der Waals surface area contributed by atoms with Crippen molar-refractivity contribution in [2.24, 2.45) is 0 Å². The van der Waals surface area contributed by atoms with Gasteiger partial charge in [0, 0.05) is 17.7 Å². The summed E-state index contributed by atoms with van der Waals surface area (Å²) in [6.45, 7) is 3.58. The fourth-order valence-corrected chi connectivity index (χ4v) is 4.25. The van der Waals surface area contributed by atoms with Gasteiger partial charge in [0.1, 0.15) is 11.8 Å². The number of fused-ring (bicyclic) bond motifs is 1. The number of aromatic nitrogens is 2. The van der Waals surface area contributed by atoms with Crippen molar-refractivity contribution in [2.75, 3.05) is 4.90 Å². The van der Waals surface area contributed by atoms with E-state index in [1.54, 1.807) is 40.6 Å². The van der Waals surface area contributed by atoms with Gasteiger partial charge in [0.05, 0.1) is 22.5 Å². The number of anilines is 2. The van der Waals surface area contributed by atoms with E-state index in [0.29, 0.717) is 27.1 Å². The fraction of sp³-hybridized carbons (Fsp3) is 0.167. The molecule has 0 radical (unpaired) electrons. The van der Waals surface area contributed by atoms with Gasteiger partial charge in [0.15, 0.2) is 5.13 Å². The first kappa shape index (κ1) is 21.9. The van der Waals surface area contributed by atoms with E-state index in [0.717, 1.165) is 17.5 Å². The molecule has 0 aliphatic heterocycles. The zero-order valence-electron chi connectivity index (χ0n) is 17.5. The molecule has 6 nitrogen and oxygen atoms in total. The summed E-state index contributed by atoms with van der Waals surface area (Å²) in [7, 11) is 0. The molecule has 0 bridgehead atoms. The number of amides is 1. The van der Waals surface area contributed by atoms with E-state index in [9.17, 15) is 9.59 Å². The fourth-order valence-electron chi connectivity index (χ4n) is 3.22. The topological polar surface area (TPSA) is 72.4 Å². The maximum atomic E-state index is 12.5. The Morgan fingerprint density at radius 2 is 1.84 bits per heavy atom. The lowest BCUT2D eigenvalue weighted by Crippen LogP contribution is -2.22. The Labute approximate surface area is 194 Å². The van der Waals surface area contributed by atoms with Crippen LogP contribution in [0.5, 0.6) is 0 Å². The van der Waals surface area contributed by atoms with Crippen molar-refractivity contribution in [2.45, 2.75) is 26.9 Å². The highest BCUT2D eigenvalue weighted by Gasteiger charge is 2.18. The molecule has 0 aliphatic rings. The second-order valence-corrected chi connectivity index (χ2v) is 8.34. The highest BCUT2D eigenvalue weighted by Crippen LogP contribution is 2.29. The third kappa shape index (κ3) is 4.79. The van der Waals surface area contributed by atoms with Gasteiger partial charge in [0.25, 0.3) is 0 Å². The van der Waals surface area contributed by atoms with E-state index in [1.807, 2.05) is 24.3 Å². The molecule has 0 saturated carbocycles. The second kappa shape index (κ2) is 9.46. The molecule has 0 fully saturated rings. The molecule has 32 heavy (non-hydrogen) atoms. The van der Waals surface area contributed by atoms with Gasteiger partial charge in [-0.05, 0) is 54.4 Å². The van der Waals surface area contributed by atoms with Crippen molar-refractivity contribution in [1.82, 2.24) is 9.97 Å². The number of thiazole rings is 1. The van der Waals surface area contributed by atoms with Crippen LogP contribution < -0.4 is 4.90 Å². The summed E-state index contributed by atoms with van der Waals surface area (Å²) in [5.41, 5.74) is 3.63. The van der Waals surface area contributed by atoms with Crippen molar-refractivity contribution in [3.8, 4) is 0 Å². The number of hydrogen-bond donors (Lipinski definition) is 0. The number of carbonyl (C=O) groups is 2. The van der Waals surface area contributed by atoms with Crippen molar-refractivity contribution < 1.29 is 14.3 Å². The molecular formula is C24H20ClN3O3S. The van der Waals surface area contributed by atoms with Crippen LogP contribution in [0.25, 0.3) is 10.9 Å². The first-order chi connectivity index (χ1) is 15.4. The van der Waals surface area contributed by atoms with E-state index in [-0.39, 0.29) is 12.5 Å². The molecule has 4 aromatic rings. The Hall–Kier alpha value is -3.29. The summed E-state index contributed by atoms with van der Waals surface area (Å²) >= 11 is 7.23. The predicted octanol–water partition coefficient (Wildman–Crippen LogP) is 5.95. The van der Waals surface area contributed by atoms with Gasteiger partial charge < -0.3 is 4.74 Å². The number of halogens is 1. The molecule has 0 N–H and O–H groups in total. The van der Waals surface area contributed by atoms with Gasteiger partial charge in [0.2, 0.25) is 5.91 Å². The molecule has 0 spiro atoms. The Kier molecular flexibility index (Phi) is 6.48.